The van der Waals surface area contributed by atoms with Gasteiger partial charge in [0.15, 0.2) is 5.78 Å². The maximum absolute atomic E-state index is 14.7. The number of ketones is 1. The number of carbonyl (C=O) groups excluding carboxylic acids is 1. The highest BCUT2D eigenvalue weighted by Gasteiger charge is 2.43. The summed E-state index contributed by atoms with van der Waals surface area (Å²) in [5, 5.41) is 6.70. The number of nitrogens with zero attached hydrogens (tertiary/aromatic N) is 2. The van der Waals surface area contributed by atoms with Gasteiger partial charge in [0, 0.05) is 28.8 Å². The Kier molecular flexibility index (Phi) is 4.75. The van der Waals surface area contributed by atoms with Gasteiger partial charge in [-0.1, -0.05) is 24.3 Å². The number of rotatable bonds is 4. The molecule has 1 aliphatic heterocycles. The van der Waals surface area contributed by atoms with Crippen molar-refractivity contribution in [1.82, 2.24) is 5.01 Å². The van der Waals surface area contributed by atoms with Crippen LogP contribution in [0.4, 0.5) is 4.39 Å². The average Bonchev–Trinajstić information content (AvgIpc) is 3.07. The number of aryl methyl sites for hydroxylation is 1. The number of methoxy groups -OCH3 is 1. The number of fused-ring (bicyclic) bond motifs is 3. The Hall–Kier alpha value is -2.95. The first-order valence-corrected chi connectivity index (χ1v) is 9.48. The highest BCUT2D eigenvalue weighted by atomic mass is 19.1. The van der Waals surface area contributed by atoms with Crippen LogP contribution in [0.5, 0.6) is 5.75 Å². The van der Waals surface area contributed by atoms with E-state index in [-0.39, 0.29) is 23.6 Å². The van der Waals surface area contributed by atoms with Gasteiger partial charge in [-0.05, 0) is 50.5 Å². The second kappa shape index (κ2) is 7.23. The van der Waals surface area contributed by atoms with E-state index in [1.54, 1.807) is 19.3 Å². The summed E-state index contributed by atoms with van der Waals surface area (Å²) in [6, 6.07) is 12.6. The van der Waals surface area contributed by atoms with Crippen molar-refractivity contribution in [2.45, 2.75) is 32.7 Å². The fourth-order valence-corrected chi connectivity index (χ4v) is 4.29. The van der Waals surface area contributed by atoms with Gasteiger partial charge in [-0.15, -0.1) is 0 Å². The molecule has 144 valence electrons. The Labute approximate surface area is 164 Å². The van der Waals surface area contributed by atoms with E-state index in [2.05, 4.69) is 6.07 Å². The zero-order valence-electron chi connectivity index (χ0n) is 16.3. The van der Waals surface area contributed by atoms with Crippen LogP contribution in [0.15, 0.2) is 59.3 Å². The second-order valence-corrected chi connectivity index (χ2v) is 7.36. The molecule has 0 radical (unpaired) electrons. The van der Waals surface area contributed by atoms with Crippen LogP contribution in [0, 0.1) is 11.7 Å². The molecular weight excluding hydrogens is 355 g/mol. The first-order chi connectivity index (χ1) is 13.5. The lowest BCUT2D eigenvalue weighted by Crippen LogP contribution is -2.29. The molecule has 2 atom stereocenters. The van der Waals surface area contributed by atoms with Crippen molar-refractivity contribution in [1.29, 1.82) is 0 Å². The van der Waals surface area contributed by atoms with E-state index in [0.29, 0.717) is 11.3 Å². The number of hydrogen-bond acceptors (Lipinski definition) is 4. The van der Waals surface area contributed by atoms with E-state index < -0.39 is 0 Å². The molecule has 4 rings (SSSR count). The SMILES string of the molecule is COc1ccc2c(c1)C1=NN(/C(C)=C/C(C)=O)[C@@H](c3ccccc3F)[C@H]1CC2. The van der Waals surface area contributed by atoms with Crippen molar-refractivity contribution < 1.29 is 13.9 Å². The van der Waals surface area contributed by atoms with Gasteiger partial charge in [-0.2, -0.15) is 5.10 Å². The molecule has 0 aromatic heterocycles. The monoisotopic (exact) mass is 378 g/mol. The molecule has 0 N–H and O–H groups in total. The topological polar surface area (TPSA) is 41.9 Å². The van der Waals surface area contributed by atoms with Crippen molar-refractivity contribution in [2.24, 2.45) is 11.0 Å². The van der Waals surface area contributed by atoms with Gasteiger partial charge in [0.25, 0.3) is 0 Å². The molecule has 4 nitrogen and oxygen atoms in total. The number of carbonyl (C=O) groups is 1. The van der Waals surface area contributed by atoms with Crippen LogP contribution in [-0.2, 0) is 11.2 Å². The van der Waals surface area contributed by atoms with E-state index in [4.69, 9.17) is 9.84 Å². The van der Waals surface area contributed by atoms with Crippen LogP contribution in [0.3, 0.4) is 0 Å². The van der Waals surface area contributed by atoms with Crippen molar-refractivity contribution >= 4 is 11.5 Å². The van der Waals surface area contributed by atoms with E-state index in [1.165, 1.54) is 18.6 Å². The van der Waals surface area contributed by atoms with Gasteiger partial charge in [0.1, 0.15) is 11.6 Å². The molecule has 0 fully saturated rings. The Bertz CT molecular complexity index is 996. The first kappa shape index (κ1) is 18.4. The summed E-state index contributed by atoms with van der Waals surface area (Å²) in [5.74, 6) is 0.522. The van der Waals surface area contributed by atoms with Crippen LogP contribution in [0.25, 0.3) is 0 Å². The molecule has 0 saturated heterocycles. The normalized spacial score (nSPS) is 21.1. The number of ether oxygens (including phenoxy) is 1. The Balaban J connectivity index is 1.86. The zero-order valence-corrected chi connectivity index (χ0v) is 16.3. The Morgan fingerprint density at radius 2 is 2.04 bits per heavy atom. The molecule has 2 aromatic rings. The standard InChI is InChI=1S/C23H23FN2O2/c1-14(12-15(2)27)26-23(18-6-4-5-7-21(18)24)19-11-9-16-8-10-17(28-3)13-20(16)22(19)25-26/h4-8,10,12-13,19,23H,9,11H2,1-3H3/b14-12+/t19-,23-/m0/s1. The third kappa shape index (κ3) is 3.11. The third-order valence-electron chi connectivity index (χ3n) is 5.53. The fraction of sp³-hybridized carbons (Fsp3) is 0.304. The van der Waals surface area contributed by atoms with Crippen molar-refractivity contribution in [3.63, 3.8) is 0 Å². The largest absolute Gasteiger partial charge is 0.497 e. The van der Waals surface area contributed by atoms with E-state index in [0.717, 1.165) is 29.9 Å². The minimum absolute atomic E-state index is 0.0480. The summed E-state index contributed by atoms with van der Waals surface area (Å²) in [5.41, 5.74) is 4.53. The lowest BCUT2D eigenvalue weighted by molar-refractivity contribution is -0.112. The molecule has 1 aliphatic carbocycles. The van der Waals surface area contributed by atoms with Crippen LogP contribution in [-0.4, -0.2) is 23.6 Å². The second-order valence-electron chi connectivity index (χ2n) is 7.36. The highest BCUT2D eigenvalue weighted by Crippen LogP contribution is 2.46. The molecule has 0 bridgehead atoms. The summed E-state index contributed by atoms with van der Waals surface area (Å²) in [6.07, 6.45) is 3.33. The smallest absolute Gasteiger partial charge is 0.154 e. The van der Waals surface area contributed by atoms with Gasteiger partial charge in [-0.25, -0.2) is 4.39 Å². The van der Waals surface area contributed by atoms with Crippen LogP contribution in [0.1, 0.15) is 43.0 Å². The van der Waals surface area contributed by atoms with Crippen molar-refractivity contribution in [3.8, 4) is 5.75 Å². The average molecular weight is 378 g/mol. The first-order valence-electron chi connectivity index (χ1n) is 9.48. The maximum atomic E-state index is 14.7. The van der Waals surface area contributed by atoms with Crippen molar-refractivity contribution in [2.75, 3.05) is 7.11 Å². The molecule has 0 spiro atoms. The lowest BCUT2D eigenvalue weighted by Gasteiger charge is -2.31. The van der Waals surface area contributed by atoms with Crippen LogP contribution in [0.2, 0.25) is 0 Å². The molecule has 2 aromatic carbocycles. The summed E-state index contributed by atoms with van der Waals surface area (Å²) in [6.45, 7) is 3.36. The van der Waals surface area contributed by atoms with E-state index >= 15 is 0 Å². The Morgan fingerprint density at radius 3 is 2.75 bits per heavy atom. The van der Waals surface area contributed by atoms with Gasteiger partial charge in [-0.3, -0.25) is 9.80 Å². The number of benzene rings is 2. The summed E-state index contributed by atoms with van der Waals surface area (Å²) >= 11 is 0. The summed E-state index contributed by atoms with van der Waals surface area (Å²) in [4.78, 5) is 11.7. The van der Waals surface area contributed by atoms with Gasteiger partial charge in [0.2, 0.25) is 0 Å². The highest BCUT2D eigenvalue weighted by molar-refractivity contribution is 6.06. The quantitative estimate of drug-likeness (QED) is 0.727. The van der Waals surface area contributed by atoms with E-state index in [1.807, 2.05) is 36.2 Å². The number of hydrazone groups is 1. The number of hydrogen-bond donors (Lipinski definition) is 0. The predicted octanol–water partition coefficient (Wildman–Crippen LogP) is 4.65. The Morgan fingerprint density at radius 1 is 1.25 bits per heavy atom. The van der Waals surface area contributed by atoms with Crippen molar-refractivity contribution in [3.05, 3.63) is 76.7 Å². The maximum Gasteiger partial charge on any atom is 0.154 e. The van der Waals surface area contributed by atoms with Gasteiger partial charge < -0.3 is 4.74 Å². The van der Waals surface area contributed by atoms with Gasteiger partial charge >= 0.3 is 0 Å². The lowest BCUT2D eigenvalue weighted by atomic mass is 9.77. The third-order valence-corrected chi connectivity index (χ3v) is 5.53. The van der Waals surface area contributed by atoms with E-state index in [9.17, 15) is 9.18 Å². The minimum Gasteiger partial charge on any atom is -0.497 e. The molecule has 0 saturated carbocycles. The summed E-state index contributed by atoms with van der Waals surface area (Å²) in [7, 11) is 1.65. The minimum atomic E-state index is -0.272. The molecule has 1 heterocycles. The number of allylic oxidation sites excluding steroid dienone is 2. The van der Waals surface area contributed by atoms with Gasteiger partial charge in [0.05, 0.1) is 18.9 Å². The molecule has 0 amide bonds. The zero-order chi connectivity index (χ0) is 19.8. The summed E-state index contributed by atoms with van der Waals surface area (Å²) < 4.78 is 20.1. The molecule has 28 heavy (non-hydrogen) atoms. The molecular formula is C23H23FN2O2. The fourth-order valence-electron chi connectivity index (χ4n) is 4.29. The molecule has 2 aliphatic rings. The molecule has 5 heteroatoms. The molecule has 0 unspecified atom stereocenters. The predicted molar refractivity (Wildman–Crippen MR) is 107 cm³/mol. The van der Waals surface area contributed by atoms with Crippen LogP contribution >= 0.6 is 0 Å². The number of halogens is 1. The van der Waals surface area contributed by atoms with Crippen LogP contribution < -0.4 is 4.74 Å².